The molecule has 0 aliphatic carbocycles. The van der Waals surface area contributed by atoms with Gasteiger partial charge in [0.1, 0.15) is 11.2 Å². The molecule has 3 saturated heterocycles. The summed E-state index contributed by atoms with van der Waals surface area (Å²) in [6.07, 6.45) is 4.24. The predicted octanol–water partition coefficient (Wildman–Crippen LogP) is 3.57. The molecule has 5 unspecified atom stereocenters. The molecule has 138 valence electrons. The fraction of sp³-hybridized carbons (Fsp3) is 0.500. The van der Waals surface area contributed by atoms with E-state index in [2.05, 4.69) is 25.3 Å². The number of epoxide rings is 3. The summed E-state index contributed by atoms with van der Waals surface area (Å²) in [6, 6.07) is 10.2. The number of ether oxygens (including phenoxy) is 3. The van der Waals surface area contributed by atoms with Crippen molar-refractivity contribution in [3.05, 3.63) is 60.7 Å². The highest BCUT2D eigenvalue weighted by Gasteiger charge is 2.75. The molecule has 4 nitrogen and oxygen atoms in total. The molecule has 3 aliphatic rings. The number of carbonyl (C=O) groups is 1. The normalized spacial score (nSPS) is 35.4. The van der Waals surface area contributed by atoms with Crippen molar-refractivity contribution in [3.8, 4) is 0 Å². The Labute approximate surface area is 154 Å². The number of ketones is 1. The van der Waals surface area contributed by atoms with Crippen LogP contribution in [0, 0.1) is 5.92 Å². The molecule has 26 heavy (non-hydrogen) atoms. The smallest absolute Gasteiger partial charge is 0.164 e. The van der Waals surface area contributed by atoms with Gasteiger partial charge in [0.25, 0.3) is 0 Å². The highest BCUT2D eigenvalue weighted by molar-refractivity contribution is 5.97. The summed E-state index contributed by atoms with van der Waals surface area (Å²) in [5, 5.41) is 0. The van der Waals surface area contributed by atoms with Gasteiger partial charge in [-0.05, 0) is 30.9 Å². The zero-order valence-corrected chi connectivity index (χ0v) is 15.3. The van der Waals surface area contributed by atoms with E-state index in [1.807, 2.05) is 24.3 Å². The van der Waals surface area contributed by atoms with Gasteiger partial charge in [-0.25, -0.2) is 0 Å². The summed E-state index contributed by atoms with van der Waals surface area (Å²) in [7, 11) is 0. The summed E-state index contributed by atoms with van der Waals surface area (Å²) in [4.78, 5) is 13.1. The Balaban J connectivity index is 1.75. The molecule has 5 atom stereocenters. The van der Waals surface area contributed by atoms with E-state index in [0.717, 1.165) is 18.6 Å². The lowest BCUT2D eigenvalue weighted by Crippen LogP contribution is -2.39. The monoisotopic (exact) mass is 354 g/mol. The lowest BCUT2D eigenvalue weighted by atomic mass is 9.70. The number of hydrogen-bond acceptors (Lipinski definition) is 4. The fourth-order valence-electron chi connectivity index (χ4n) is 4.32. The zero-order chi connectivity index (χ0) is 18.4. The molecule has 0 spiro atoms. The summed E-state index contributed by atoms with van der Waals surface area (Å²) in [5.41, 5.74) is 0.547. The van der Waals surface area contributed by atoms with Crippen LogP contribution in [0.3, 0.4) is 0 Å². The number of rotatable bonds is 10. The highest BCUT2D eigenvalue weighted by atomic mass is 16.6. The molecule has 0 bridgehead atoms. The number of hydrogen-bond donors (Lipinski definition) is 0. The van der Waals surface area contributed by atoms with Gasteiger partial charge in [-0.15, -0.1) is 6.58 Å². The lowest BCUT2D eigenvalue weighted by Gasteiger charge is -2.27. The molecule has 4 rings (SSSR count). The van der Waals surface area contributed by atoms with Crippen LogP contribution in [0.1, 0.15) is 31.7 Å². The van der Waals surface area contributed by atoms with E-state index in [0.29, 0.717) is 25.0 Å². The minimum atomic E-state index is -0.607. The van der Waals surface area contributed by atoms with Crippen molar-refractivity contribution in [1.82, 2.24) is 0 Å². The second-order valence-corrected chi connectivity index (χ2v) is 7.73. The van der Waals surface area contributed by atoms with Crippen LogP contribution in [0.15, 0.2) is 55.1 Å². The quantitative estimate of drug-likeness (QED) is 0.366. The van der Waals surface area contributed by atoms with Crippen molar-refractivity contribution in [2.24, 2.45) is 5.92 Å². The van der Waals surface area contributed by atoms with Crippen molar-refractivity contribution < 1.29 is 19.0 Å². The van der Waals surface area contributed by atoms with Gasteiger partial charge in [0.15, 0.2) is 5.78 Å². The van der Waals surface area contributed by atoms with Crippen LogP contribution in [-0.2, 0) is 24.6 Å². The summed E-state index contributed by atoms with van der Waals surface area (Å²) in [6.45, 7) is 11.1. The molecule has 3 fully saturated rings. The Bertz CT molecular complexity index is 719. The molecule has 0 saturated carbocycles. The number of benzene rings is 1. The van der Waals surface area contributed by atoms with E-state index in [9.17, 15) is 4.79 Å². The number of Topliss-reactive ketones (excluding diaryl/α,β-unsaturated/α-hetero) is 1. The van der Waals surface area contributed by atoms with E-state index in [-0.39, 0.29) is 23.9 Å². The minimum absolute atomic E-state index is 0.0665. The Morgan fingerprint density at radius 1 is 1.27 bits per heavy atom. The van der Waals surface area contributed by atoms with E-state index in [1.165, 1.54) is 0 Å². The number of carbonyl (C=O) groups excluding carboxylic acids is 1. The topological polar surface area (TPSA) is 54.7 Å². The largest absolute Gasteiger partial charge is 0.373 e. The second kappa shape index (κ2) is 6.45. The van der Waals surface area contributed by atoms with Gasteiger partial charge in [-0.3, -0.25) is 4.79 Å². The first-order valence-corrected chi connectivity index (χ1v) is 9.32. The van der Waals surface area contributed by atoms with Gasteiger partial charge in [-0.1, -0.05) is 43.0 Å². The van der Waals surface area contributed by atoms with E-state index in [1.54, 1.807) is 6.92 Å². The zero-order valence-electron chi connectivity index (χ0n) is 15.3. The molecular weight excluding hydrogens is 328 g/mol. The van der Waals surface area contributed by atoms with E-state index in [4.69, 9.17) is 14.2 Å². The van der Waals surface area contributed by atoms with Gasteiger partial charge in [0, 0.05) is 6.42 Å². The van der Waals surface area contributed by atoms with Gasteiger partial charge in [0.2, 0.25) is 0 Å². The van der Waals surface area contributed by atoms with E-state index < -0.39 is 11.2 Å². The van der Waals surface area contributed by atoms with Crippen LogP contribution in [-0.4, -0.2) is 36.8 Å². The van der Waals surface area contributed by atoms with Crippen LogP contribution >= 0.6 is 0 Å². The SMILES string of the molecule is C=CCC1(C(CC2CO2)C(=O)C(=C)C)OC1(CC1CO1)c1ccccc1. The fourth-order valence-corrected chi connectivity index (χ4v) is 4.32. The third kappa shape index (κ3) is 2.96. The van der Waals surface area contributed by atoms with Gasteiger partial charge < -0.3 is 14.2 Å². The molecule has 0 aromatic heterocycles. The average molecular weight is 354 g/mol. The van der Waals surface area contributed by atoms with Crippen LogP contribution in [0.2, 0.25) is 0 Å². The van der Waals surface area contributed by atoms with Crippen molar-refractivity contribution >= 4 is 5.78 Å². The number of allylic oxidation sites excluding steroid dienone is 1. The standard InChI is InChI=1S/C22H26O4/c1-4-10-21(19(11-17-13-24-17)20(23)15(2)3)22(26-21,12-18-14-25-18)16-8-6-5-7-9-16/h4-9,17-19H,1-2,10-14H2,3H3. The lowest BCUT2D eigenvalue weighted by molar-refractivity contribution is -0.121. The molecule has 3 heterocycles. The third-order valence-corrected chi connectivity index (χ3v) is 5.80. The maximum atomic E-state index is 13.1. The first-order chi connectivity index (χ1) is 12.5. The molecule has 4 heteroatoms. The molecule has 1 aromatic rings. The summed E-state index contributed by atoms with van der Waals surface area (Å²) >= 11 is 0. The van der Waals surface area contributed by atoms with Crippen molar-refractivity contribution in [3.63, 3.8) is 0 Å². The maximum Gasteiger partial charge on any atom is 0.164 e. The average Bonchev–Trinajstić information content (AvgIpc) is 3.49. The van der Waals surface area contributed by atoms with Crippen LogP contribution in [0.4, 0.5) is 0 Å². The van der Waals surface area contributed by atoms with E-state index >= 15 is 0 Å². The first kappa shape index (κ1) is 17.7. The van der Waals surface area contributed by atoms with Gasteiger partial charge in [-0.2, -0.15) is 0 Å². The maximum absolute atomic E-state index is 13.1. The van der Waals surface area contributed by atoms with Crippen LogP contribution in [0.25, 0.3) is 0 Å². The summed E-state index contributed by atoms with van der Waals surface area (Å²) < 4.78 is 17.5. The highest BCUT2D eigenvalue weighted by Crippen LogP contribution is 2.66. The van der Waals surface area contributed by atoms with Gasteiger partial charge in [0.05, 0.1) is 31.3 Å². The molecular formula is C22H26O4. The molecule has 0 N–H and O–H groups in total. The summed E-state index contributed by atoms with van der Waals surface area (Å²) in [5.74, 6) is -0.221. The minimum Gasteiger partial charge on any atom is -0.373 e. The molecule has 1 aromatic carbocycles. The van der Waals surface area contributed by atoms with Gasteiger partial charge >= 0.3 is 0 Å². The van der Waals surface area contributed by atoms with Crippen molar-refractivity contribution in [1.29, 1.82) is 0 Å². The Hall–Kier alpha value is -1.75. The predicted molar refractivity (Wildman–Crippen MR) is 98.8 cm³/mol. The first-order valence-electron chi connectivity index (χ1n) is 9.32. The Kier molecular flexibility index (Phi) is 4.38. The van der Waals surface area contributed by atoms with Crippen LogP contribution < -0.4 is 0 Å². The third-order valence-electron chi connectivity index (χ3n) is 5.80. The van der Waals surface area contributed by atoms with Crippen LogP contribution in [0.5, 0.6) is 0 Å². The Morgan fingerprint density at radius 2 is 1.92 bits per heavy atom. The molecule has 0 radical (unpaired) electrons. The van der Waals surface area contributed by atoms with Crippen molar-refractivity contribution in [2.75, 3.05) is 13.2 Å². The molecule has 0 amide bonds. The van der Waals surface area contributed by atoms with Crippen molar-refractivity contribution in [2.45, 2.75) is 49.6 Å². The Morgan fingerprint density at radius 3 is 2.46 bits per heavy atom. The second-order valence-electron chi connectivity index (χ2n) is 7.73. The molecule has 3 aliphatic heterocycles.